The van der Waals surface area contributed by atoms with Crippen molar-refractivity contribution in [3.8, 4) is 0 Å². The number of hydrogen-bond donors (Lipinski definition) is 1. The van der Waals surface area contributed by atoms with Crippen molar-refractivity contribution in [1.82, 2.24) is 4.90 Å². The number of hydrogen-bond acceptors (Lipinski definition) is 2. The molecule has 3 nitrogen and oxygen atoms in total. The summed E-state index contributed by atoms with van der Waals surface area (Å²) in [4.78, 5) is 13.0. The van der Waals surface area contributed by atoms with E-state index in [0.29, 0.717) is 6.42 Å². The van der Waals surface area contributed by atoms with E-state index in [-0.39, 0.29) is 6.04 Å². The van der Waals surface area contributed by atoms with Gasteiger partial charge in [-0.3, -0.25) is 9.69 Å². The predicted molar refractivity (Wildman–Crippen MR) is 56.2 cm³/mol. The van der Waals surface area contributed by atoms with E-state index in [4.69, 9.17) is 5.11 Å². The summed E-state index contributed by atoms with van der Waals surface area (Å²) in [6, 6.07) is -0.361. The molecule has 0 aromatic carbocycles. The SMILES string of the molecule is C=CCC(C(=O)O)N1CCC(C)CC1. The van der Waals surface area contributed by atoms with Crippen LogP contribution >= 0.6 is 0 Å². The summed E-state index contributed by atoms with van der Waals surface area (Å²) in [6.45, 7) is 7.64. The minimum absolute atomic E-state index is 0.361. The van der Waals surface area contributed by atoms with Crippen molar-refractivity contribution < 1.29 is 9.90 Å². The largest absolute Gasteiger partial charge is 0.480 e. The lowest BCUT2D eigenvalue weighted by molar-refractivity contribution is -0.143. The Morgan fingerprint density at radius 1 is 1.64 bits per heavy atom. The van der Waals surface area contributed by atoms with E-state index in [0.717, 1.165) is 31.8 Å². The number of rotatable bonds is 4. The third-order valence-corrected chi connectivity index (χ3v) is 2.93. The van der Waals surface area contributed by atoms with Crippen LogP contribution in [0.2, 0.25) is 0 Å². The number of likely N-dealkylation sites (tertiary alicyclic amines) is 1. The highest BCUT2D eigenvalue weighted by molar-refractivity contribution is 5.73. The summed E-state index contributed by atoms with van der Waals surface area (Å²) in [7, 11) is 0. The molecular formula is C11H19NO2. The number of carboxylic acids is 1. The highest BCUT2D eigenvalue weighted by atomic mass is 16.4. The Labute approximate surface area is 85.4 Å². The summed E-state index contributed by atoms with van der Waals surface area (Å²) >= 11 is 0. The van der Waals surface area contributed by atoms with Crippen LogP contribution in [0, 0.1) is 5.92 Å². The molecule has 1 rings (SSSR count). The lowest BCUT2D eigenvalue weighted by Gasteiger charge is -2.34. The highest BCUT2D eigenvalue weighted by Gasteiger charge is 2.27. The van der Waals surface area contributed by atoms with E-state index in [1.165, 1.54) is 0 Å². The zero-order valence-corrected chi connectivity index (χ0v) is 8.78. The molecule has 80 valence electrons. The fraction of sp³-hybridized carbons (Fsp3) is 0.727. The fourth-order valence-electron chi connectivity index (χ4n) is 1.90. The summed E-state index contributed by atoms with van der Waals surface area (Å²) in [5.74, 6) is 0.0175. The van der Waals surface area contributed by atoms with Gasteiger partial charge in [-0.05, 0) is 38.3 Å². The lowest BCUT2D eigenvalue weighted by Crippen LogP contribution is -2.45. The minimum atomic E-state index is -0.723. The molecule has 14 heavy (non-hydrogen) atoms. The second-order valence-corrected chi connectivity index (χ2v) is 4.10. The van der Waals surface area contributed by atoms with E-state index in [2.05, 4.69) is 18.4 Å². The number of carboxylic acid groups (broad SMARTS) is 1. The quantitative estimate of drug-likeness (QED) is 0.698. The Kier molecular flexibility index (Phi) is 4.14. The van der Waals surface area contributed by atoms with E-state index < -0.39 is 5.97 Å². The van der Waals surface area contributed by atoms with Crippen molar-refractivity contribution in [3.63, 3.8) is 0 Å². The molecule has 1 fully saturated rings. The van der Waals surface area contributed by atoms with E-state index in [1.807, 2.05) is 0 Å². The normalized spacial score (nSPS) is 21.8. The molecule has 1 N–H and O–H groups in total. The van der Waals surface area contributed by atoms with E-state index in [9.17, 15) is 4.79 Å². The average molecular weight is 197 g/mol. The zero-order valence-electron chi connectivity index (χ0n) is 8.78. The van der Waals surface area contributed by atoms with Gasteiger partial charge in [0.05, 0.1) is 0 Å². The molecule has 1 atom stereocenters. The summed E-state index contributed by atoms with van der Waals surface area (Å²) in [5.41, 5.74) is 0. The summed E-state index contributed by atoms with van der Waals surface area (Å²) in [6.07, 6.45) is 4.46. The molecule has 0 radical (unpaired) electrons. The van der Waals surface area contributed by atoms with Crippen LogP contribution in [-0.4, -0.2) is 35.1 Å². The monoisotopic (exact) mass is 197 g/mol. The van der Waals surface area contributed by atoms with Gasteiger partial charge >= 0.3 is 5.97 Å². The third-order valence-electron chi connectivity index (χ3n) is 2.93. The average Bonchev–Trinajstić information content (AvgIpc) is 2.15. The molecular weight excluding hydrogens is 178 g/mol. The molecule has 0 spiro atoms. The van der Waals surface area contributed by atoms with Gasteiger partial charge in [-0.1, -0.05) is 13.0 Å². The summed E-state index contributed by atoms with van der Waals surface area (Å²) in [5, 5.41) is 9.03. The Balaban J connectivity index is 2.51. The van der Waals surface area contributed by atoms with Gasteiger partial charge in [0.15, 0.2) is 0 Å². The molecule has 1 aliphatic heterocycles. The Bertz CT molecular complexity index is 207. The van der Waals surface area contributed by atoms with Gasteiger partial charge in [0.2, 0.25) is 0 Å². The number of piperidine rings is 1. The molecule has 0 saturated carbocycles. The predicted octanol–water partition coefficient (Wildman–Crippen LogP) is 1.75. The molecule has 0 aromatic heterocycles. The Hall–Kier alpha value is -0.830. The molecule has 1 saturated heterocycles. The molecule has 0 bridgehead atoms. The molecule has 3 heteroatoms. The van der Waals surface area contributed by atoms with Gasteiger partial charge in [-0.25, -0.2) is 0 Å². The third kappa shape index (κ3) is 2.84. The first kappa shape index (κ1) is 11.2. The number of nitrogens with zero attached hydrogens (tertiary/aromatic N) is 1. The zero-order chi connectivity index (χ0) is 10.6. The van der Waals surface area contributed by atoms with Gasteiger partial charge in [-0.2, -0.15) is 0 Å². The minimum Gasteiger partial charge on any atom is -0.480 e. The van der Waals surface area contributed by atoms with Crippen LogP contribution in [0.15, 0.2) is 12.7 Å². The van der Waals surface area contributed by atoms with Gasteiger partial charge < -0.3 is 5.11 Å². The van der Waals surface area contributed by atoms with E-state index in [1.54, 1.807) is 6.08 Å². The van der Waals surface area contributed by atoms with E-state index >= 15 is 0 Å². The van der Waals surface area contributed by atoms with Crippen molar-refractivity contribution in [2.24, 2.45) is 5.92 Å². The molecule has 0 amide bonds. The smallest absolute Gasteiger partial charge is 0.321 e. The maximum Gasteiger partial charge on any atom is 0.321 e. The summed E-state index contributed by atoms with van der Waals surface area (Å²) < 4.78 is 0. The first-order valence-corrected chi connectivity index (χ1v) is 5.23. The maximum atomic E-state index is 11.0. The topological polar surface area (TPSA) is 40.5 Å². The van der Waals surface area contributed by atoms with Crippen LogP contribution in [0.1, 0.15) is 26.2 Å². The van der Waals surface area contributed by atoms with Gasteiger partial charge in [0, 0.05) is 0 Å². The van der Waals surface area contributed by atoms with Crippen LogP contribution in [0.5, 0.6) is 0 Å². The van der Waals surface area contributed by atoms with Gasteiger partial charge in [0.1, 0.15) is 6.04 Å². The molecule has 1 aliphatic rings. The standard InChI is InChI=1S/C11H19NO2/c1-3-4-10(11(13)14)12-7-5-9(2)6-8-12/h3,9-10H,1,4-8H2,2H3,(H,13,14). The van der Waals surface area contributed by atoms with Crippen molar-refractivity contribution >= 4 is 5.97 Å². The van der Waals surface area contributed by atoms with Gasteiger partial charge in [-0.15, -0.1) is 6.58 Å². The molecule has 0 aliphatic carbocycles. The van der Waals surface area contributed by atoms with Crippen LogP contribution in [0.3, 0.4) is 0 Å². The Morgan fingerprint density at radius 3 is 2.64 bits per heavy atom. The number of carbonyl (C=O) groups is 1. The molecule has 0 aromatic rings. The number of aliphatic carboxylic acids is 1. The lowest BCUT2D eigenvalue weighted by atomic mass is 9.97. The van der Waals surface area contributed by atoms with Gasteiger partial charge in [0.25, 0.3) is 0 Å². The van der Waals surface area contributed by atoms with Crippen LogP contribution in [-0.2, 0) is 4.79 Å². The van der Waals surface area contributed by atoms with Crippen LogP contribution in [0.25, 0.3) is 0 Å². The maximum absolute atomic E-state index is 11.0. The first-order chi connectivity index (χ1) is 6.65. The highest BCUT2D eigenvalue weighted by Crippen LogP contribution is 2.19. The second-order valence-electron chi connectivity index (χ2n) is 4.10. The van der Waals surface area contributed by atoms with Crippen molar-refractivity contribution in [1.29, 1.82) is 0 Å². The molecule has 1 heterocycles. The Morgan fingerprint density at radius 2 is 2.21 bits per heavy atom. The molecule has 1 unspecified atom stereocenters. The van der Waals surface area contributed by atoms with Crippen molar-refractivity contribution in [2.45, 2.75) is 32.2 Å². The van der Waals surface area contributed by atoms with Crippen molar-refractivity contribution in [3.05, 3.63) is 12.7 Å². The van der Waals surface area contributed by atoms with Crippen molar-refractivity contribution in [2.75, 3.05) is 13.1 Å². The first-order valence-electron chi connectivity index (χ1n) is 5.23. The van der Waals surface area contributed by atoms with Crippen LogP contribution in [0.4, 0.5) is 0 Å². The van der Waals surface area contributed by atoms with Crippen LogP contribution < -0.4 is 0 Å². The second kappa shape index (κ2) is 5.15. The fourth-order valence-corrected chi connectivity index (χ4v) is 1.90.